The standard InChI is InChI=1S/C19H16N2O3S2/c1-25-17-5-3-2-4-13(17)18(22)21-19-20-14(11-26-19)12-6-7-15-16(10-12)24-9-8-23-15/h2-7,10-11H,8-9H2,1H3,(H,20,21,22). The maximum atomic E-state index is 12.5. The summed E-state index contributed by atoms with van der Waals surface area (Å²) < 4.78 is 11.2. The van der Waals surface area contributed by atoms with E-state index in [4.69, 9.17) is 9.47 Å². The Kier molecular flexibility index (Phi) is 4.81. The van der Waals surface area contributed by atoms with Crippen LogP contribution in [0.5, 0.6) is 11.5 Å². The van der Waals surface area contributed by atoms with Crippen LogP contribution in [0.2, 0.25) is 0 Å². The Morgan fingerprint density at radius 3 is 2.81 bits per heavy atom. The molecule has 2 aromatic carbocycles. The first kappa shape index (κ1) is 16.9. The predicted molar refractivity (Wildman–Crippen MR) is 105 cm³/mol. The van der Waals surface area contributed by atoms with Crippen LogP contribution in [0.1, 0.15) is 10.4 Å². The molecule has 1 aromatic heterocycles. The molecule has 4 rings (SSSR count). The van der Waals surface area contributed by atoms with E-state index >= 15 is 0 Å². The van der Waals surface area contributed by atoms with E-state index < -0.39 is 0 Å². The number of amides is 1. The van der Waals surface area contributed by atoms with Crippen molar-refractivity contribution in [1.29, 1.82) is 0 Å². The second-order valence-corrected chi connectivity index (χ2v) is 7.26. The number of nitrogens with zero attached hydrogens (tertiary/aromatic N) is 1. The molecule has 0 saturated heterocycles. The van der Waals surface area contributed by atoms with Gasteiger partial charge in [0.15, 0.2) is 16.6 Å². The maximum absolute atomic E-state index is 12.5. The van der Waals surface area contributed by atoms with Crippen LogP contribution in [0.3, 0.4) is 0 Å². The summed E-state index contributed by atoms with van der Waals surface area (Å²) >= 11 is 2.94. The van der Waals surface area contributed by atoms with Crippen molar-refractivity contribution in [2.24, 2.45) is 0 Å². The number of anilines is 1. The Hall–Kier alpha value is -2.51. The highest BCUT2D eigenvalue weighted by Crippen LogP contribution is 2.35. The molecule has 3 aromatic rings. The molecule has 1 aliphatic heterocycles. The van der Waals surface area contributed by atoms with Gasteiger partial charge in [-0.25, -0.2) is 4.98 Å². The lowest BCUT2D eigenvalue weighted by molar-refractivity contribution is 0.102. The zero-order valence-corrected chi connectivity index (χ0v) is 15.7. The second-order valence-electron chi connectivity index (χ2n) is 5.55. The monoisotopic (exact) mass is 384 g/mol. The molecule has 5 nitrogen and oxygen atoms in total. The van der Waals surface area contributed by atoms with Crippen LogP contribution in [-0.4, -0.2) is 30.4 Å². The number of rotatable bonds is 4. The van der Waals surface area contributed by atoms with Crippen LogP contribution in [0.25, 0.3) is 11.3 Å². The third kappa shape index (κ3) is 3.40. The van der Waals surface area contributed by atoms with E-state index in [1.165, 1.54) is 11.3 Å². The summed E-state index contributed by atoms with van der Waals surface area (Å²) in [6.07, 6.45) is 1.95. The average molecular weight is 384 g/mol. The number of carbonyl (C=O) groups excluding carboxylic acids is 1. The Morgan fingerprint density at radius 2 is 1.96 bits per heavy atom. The largest absolute Gasteiger partial charge is 0.486 e. The number of benzene rings is 2. The van der Waals surface area contributed by atoms with Crippen molar-refractivity contribution in [3.63, 3.8) is 0 Å². The van der Waals surface area contributed by atoms with Crippen molar-refractivity contribution < 1.29 is 14.3 Å². The van der Waals surface area contributed by atoms with Crippen molar-refractivity contribution in [3.05, 3.63) is 53.4 Å². The third-order valence-corrected chi connectivity index (χ3v) is 5.47. The topological polar surface area (TPSA) is 60.5 Å². The fourth-order valence-electron chi connectivity index (χ4n) is 2.66. The zero-order valence-electron chi connectivity index (χ0n) is 14.0. The van der Waals surface area contributed by atoms with Gasteiger partial charge in [-0.05, 0) is 36.6 Å². The minimum atomic E-state index is -0.155. The van der Waals surface area contributed by atoms with Gasteiger partial charge in [0.1, 0.15) is 13.2 Å². The van der Waals surface area contributed by atoms with E-state index in [2.05, 4.69) is 10.3 Å². The SMILES string of the molecule is CSc1ccccc1C(=O)Nc1nc(-c2ccc3c(c2)OCCO3)cs1. The molecular formula is C19H16N2O3S2. The minimum absolute atomic E-state index is 0.155. The van der Waals surface area contributed by atoms with Gasteiger partial charge in [-0.3, -0.25) is 10.1 Å². The first-order valence-electron chi connectivity index (χ1n) is 8.04. The van der Waals surface area contributed by atoms with Gasteiger partial charge in [-0.15, -0.1) is 23.1 Å². The Bertz CT molecular complexity index is 955. The number of nitrogens with one attached hydrogen (secondary N) is 1. The molecular weight excluding hydrogens is 368 g/mol. The molecule has 0 radical (unpaired) electrons. The summed E-state index contributed by atoms with van der Waals surface area (Å²) in [5, 5.41) is 5.37. The second kappa shape index (κ2) is 7.39. The van der Waals surface area contributed by atoms with Crippen LogP contribution in [0, 0.1) is 0 Å². The maximum Gasteiger partial charge on any atom is 0.258 e. The average Bonchev–Trinajstić information content (AvgIpc) is 3.16. The molecule has 1 N–H and O–H groups in total. The van der Waals surface area contributed by atoms with E-state index in [-0.39, 0.29) is 5.91 Å². The van der Waals surface area contributed by atoms with Gasteiger partial charge in [0.2, 0.25) is 0 Å². The fourth-order valence-corrected chi connectivity index (χ4v) is 3.97. The van der Waals surface area contributed by atoms with Crippen molar-refractivity contribution in [2.45, 2.75) is 4.90 Å². The zero-order chi connectivity index (χ0) is 17.9. The first-order chi connectivity index (χ1) is 12.7. The molecule has 0 bridgehead atoms. The summed E-state index contributed by atoms with van der Waals surface area (Å²) in [6, 6.07) is 13.3. The molecule has 7 heteroatoms. The Morgan fingerprint density at radius 1 is 1.15 bits per heavy atom. The number of fused-ring (bicyclic) bond motifs is 1. The van der Waals surface area contributed by atoms with Gasteiger partial charge >= 0.3 is 0 Å². The van der Waals surface area contributed by atoms with Gasteiger partial charge in [-0.2, -0.15) is 0 Å². The molecule has 1 aliphatic rings. The summed E-state index contributed by atoms with van der Waals surface area (Å²) in [6.45, 7) is 1.11. The van der Waals surface area contributed by atoms with Gasteiger partial charge in [0, 0.05) is 15.8 Å². The van der Waals surface area contributed by atoms with E-state index in [0.717, 1.165) is 27.7 Å². The number of hydrogen-bond acceptors (Lipinski definition) is 6. The molecule has 0 unspecified atom stereocenters. The van der Waals surface area contributed by atoms with Crippen molar-refractivity contribution in [3.8, 4) is 22.8 Å². The van der Waals surface area contributed by atoms with Crippen molar-refractivity contribution in [2.75, 3.05) is 24.8 Å². The smallest absolute Gasteiger partial charge is 0.258 e. The molecule has 0 spiro atoms. The number of ether oxygens (including phenoxy) is 2. The van der Waals surface area contributed by atoms with Crippen molar-refractivity contribution >= 4 is 34.1 Å². The van der Waals surface area contributed by atoms with Gasteiger partial charge < -0.3 is 9.47 Å². The van der Waals surface area contributed by atoms with Crippen molar-refractivity contribution in [1.82, 2.24) is 4.98 Å². The summed E-state index contributed by atoms with van der Waals surface area (Å²) in [5.41, 5.74) is 2.37. The molecule has 26 heavy (non-hydrogen) atoms. The van der Waals surface area contributed by atoms with Crippen LogP contribution < -0.4 is 14.8 Å². The molecule has 2 heterocycles. The third-order valence-electron chi connectivity index (χ3n) is 3.91. The fraction of sp³-hybridized carbons (Fsp3) is 0.158. The van der Waals surface area contributed by atoms with E-state index in [0.29, 0.717) is 23.9 Å². The lowest BCUT2D eigenvalue weighted by Crippen LogP contribution is -2.15. The Balaban J connectivity index is 1.54. The minimum Gasteiger partial charge on any atom is -0.486 e. The molecule has 0 saturated carbocycles. The number of carbonyl (C=O) groups is 1. The van der Waals surface area contributed by atoms with E-state index in [9.17, 15) is 4.79 Å². The number of aromatic nitrogens is 1. The molecule has 0 atom stereocenters. The summed E-state index contributed by atoms with van der Waals surface area (Å²) in [7, 11) is 0. The number of thiazole rings is 1. The van der Waals surface area contributed by atoms with E-state index in [1.54, 1.807) is 11.8 Å². The molecule has 0 fully saturated rings. The summed E-state index contributed by atoms with van der Waals surface area (Å²) in [4.78, 5) is 18.0. The van der Waals surface area contributed by atoms with Crippen LogP contribution in [0.4, 0.5) is 5.13 Å². The lowest BCUT2D eigenvalue weighted by atomic mass is 10.1. The van der Waals surface area contributed by atoms with Gasteiger partial charge in [0.25, 0.3) is 5.91 Å². The predicted octanol–water partition coefficient (Wildman–Crippen LogP) is 4.56. The highest BCUT2D eigenvalue weighted by atomic mass is 32.2. The van der Waals surface area contributed by atoms with Gasteiger partial charge in [-0.1, -0.05) is 12.1 Å². The molecule has 1 amide bonds. The molecule has 132 valence electrons. The summed E-state index contributed by atoms with van der Waals surface area (Å²) in [5.74, 6) is 1.32. The van der Waals surface area contributed by atoms with E-state index in [1.807, 2.05) is 54.1 Å². The lowest BCUT2D eigenvalue weighted by Gasteiger charge is -2.18. The van der Waals surface area contributed by atoms with Gasteiger partial charge in [0.05, 0.1) is 11.3 Å². The van der Waals surface area contributed by atoms with Crippen LogP contribution >= 0.6 is 23.1 Å². The highest BCUT2D eigenvalue weighted by molar-refractivity contribution is 7.98. The van der Waals surface area contributed by atoms with Crippen LogP contribution in [0.15, 0.2) is 52.7 Å². The normalized spacial score (nSPS) is 12.7. The Labute approximate surface area is 159 Å². The highest BCUT2D eigenvalue weighted by Gasteiger charge is 2.15. The first-order valence-corrected chi connectivity index (χ1v) is 10.1. The number of thioether (sulfide) groups is 1. The molecule has 0 aliphatic carbocycles. The quantitative estimate of drug-likeness (QED) is 0.669. The van der Waals surface area contributed by atoms with Crippen LogP contribution in [-0.2, 0) is 0 Å². The number of hydrogen-bond donors (Lipinski definition) is 1.